The van der Waals surface area contributed by atoms with Gasteiger partial charge in [0.25, 0.3) is 0 Å². The Balaban J connectivity index is 0.000000671. The number of halogens is 1. The molecule has 0 saturated heterocycles. The molecule has 0 aromatic heterocycles. The van der Waals surface area contributed by atoms with Gasteiger partial charge in [0.1, 0.15) is 5.75 Å². The van der Waals surface area contributed by atoms with Crippen molar-refractivity contribution in [2.75, 3.05) is 13.4 Å². The van der Waals surface area contributed by atoms with E-state index in [2.05, 4.69) is 13.2 Å². The van der Waals surface area contributed by atoms with Crippen LogP contribution in [0.15, 0.2) is 36.3 Å². The molecule has 0 atom stereocenters. The Hall–Kier alpha value is -0.600. The lowest BCUT2D eigenvalue weighted by atomic mass is 10.3. The van der Waals surface area contributed by atoms with Crippen LogP contribution in [0.1, 0.15) is 0 Å². The summed E-state index contributed by atoms with van der Waals surface area (Å²) in [7, 11) is 1.61. The number of thioether (sulfide) groups is 1. The summed E-state index contributed by atoms with van der Waals surface area (Å²) in [4.78, 5) is 1.15. The highest BCUT2D eigenvalue weighted by atomic mass is 35.5. The fraction of sp³-hybridized carbons (Fsp3) is 0.200. The standard InChI is InChI=1S/C8H9ClOS.C2H4/c1-10-8-4-3-6(11-2)5-7(8)9;1-2/h3-5H,1-2H3;1-2H2. The molecule has 0 aliphatic heterocycles. The molecule has 0 N–H and O–H groups in total. The first-order valence-electron chi connectivity index (χ1n) is 3.65. The van der Waals surface area contributed by atoms with Crippen molar-refractivity contribution in [3.8, 4) is 5.75 Å². The summed E-state index contributed by atoms with van der Waals surface area (Å²) in [5, 5.41) is 0.666. The van der Waals surface area contributed by atoms with Crippen LogP contribution in [0.25, 0.3) is 0 Å². The maximum atomic E-state index is 5.87. The van der Waals surface area contributed by atoms with Crippen molar-refractivity contribution in [1.82, 2.24) is 0 Å². The van der Waals surface area contributed by atoms with Crippen LogP contribution >= 0.6 is 23.4 Å². The zero-order valence-corrected chi connectivity index (χ0v) is 9.41. The fourth-order valence-corrected chi connectivity index (χ4v) is 1.54. The van der Waals surface area contributed by atoms with Gasteiger partial charge >= 0.3 is 0 Å². The summed E-state index contributed by atoms with van der Waals surface area (Å²) < 4.78 is 5.00. The van der Waals surface area contributed by atoms with E-state index in [4.69, 9.17) is 16.3 Å². The van der Waals surface area contributed by atoms with Gasteiger partial charge in [0.05, 0.1) is 12.1 Å². The molecule has 0 fully saturated rings. The Morgan fingerprint density at radius 1 is 1.38 bits per heavy atom. The van der Waals surface area contributed by atoms with Gasteiger partial charge in [-0.3, -0.25) is 0 Å². The van der Waals surface area contributed by atoms with Gasteiger partial charge in [-0.1, -0.05) is 11.6 Å². The van der Waals surface area contributed by atoms with E-state index >= 15 is 0 Å². The number of hydrogen-bond acceptors (Lipinski definition) is 2. The van der Waals surface area contributed by atoms with E-state index in [9.17, 15) is 0 Å². The van der Waals surface area contributed by atoms with Crippen LogP contribution in [0.3, 0.4) is 0 Å². The van der Waals surface area contributed by atoms with E-state index in [1.54, 1.807) is 18.9 Å². The molecule has 13 heavy (non-hydrogen) atoms. The second-order valence-corrected chi connectivity index (χ2v) is 3.29. The van der Waals surface area contributed by atoms with Crippen LogP contribution in [0, 0.1) is 0 Å². The number of ether oxygens (including phenoxy) is 1. The van der Waals surface area contributed by atoms with Crippen LogP contribution < -0.4 is 4.74 Å². The molecule has 0 spiro atoms. The molecular weight excluding hydrogens is 204 g/mol. The zero-order valence-electron chi connectivity index (χ0n) is 7.84. The Labute approximate surface area is 88.7 Å². The van der Waals surface area contributed by atoms with Gasteiger partial charge in [-0.2, -0.15) is 0 Å². The highest BCUT2D eigenvalue weighted by Gasteiger charge is 1.99. The average molecular weight is 217 g/mol. The van der Waals surface area contributed by atoms with E-state index in [0.29, 0.717) is 5.02 Å². The summed E-state index contributed by atoms with van der Waals surface area (Å²) in [5.74, 6) is 0.726. The Bertz CT molecular complexity index is 263. The largest absolute Gasteiger partial charge is 0.495 e. The Kier molecular flexibility index (Phi) is 6.55. The van der Waals surface area contributed by atoms with Crippen molar-refractivity contribution in [3.05, 3.63) is 36.4 Å². The summed E-state index contributed by atoms with van der Waals surface area (Å²) in [6.07, 6.45) is 2.01. The van der Waals surface area contributed by atoms with Gasteiger partial charge in [-0.25, -0.2) is 0 Å². The average Bonchev–Trinajstić information content (AvgIpc) is 2.20. The maximum absolute atomic E-state index is 5.87. The lowest BCUT2D eigenvalue weighted by molar-refractivity contribution is 0.414. The van der Waals surface area contributed by atoms with E-state index in [1.807, 2.05) is 24.5 Å². The monoisotopic (exact) mass is 216 g/mol. The number of hydrogen-bond donors (Lipinski definition) is 0. The second kappa shape index (κ2) is 6.87. The van der Waals surface area contributed by atoms with Crippen molar-refractivity contribution in [1.29, 1.82) is 0 Å². The predicted octanol–water partition coefficient (Wildman–Crippen LogP) is 3.87. The second-order valence-electron chi connectivity index (χ2n) is 2.00. The Morgan fingerprint density at radius 2 is 2.00 bits per heavy atom. The predicted molar refractivity (Wildman–Crippen MR) is 61.0 cm³/mol. The van der Waals surface area contributed by atoms with Gasteiger partial charge in [-0.05, 0) is 24.5 Å². The van der Waals surface area contributed by atoms with Crippen molar-refractivity contribution >= 4 is 23.4 Å². The van der Waals surface area contributed by atoms with Crippen LogP contribution in [0.5, 0.6) is 5.75 Å². The lowest BCUT2D eigenvalue weighted by Gasteiger charge is -2.03. The van der Waals surface area contributed by atoms with Crippen LogP contribution in [-0.4, -0.2) is 13.4 Å². The molecule has 72 valence electrons. The quantitative estimate of drug-likeness (QED) is 0.548. The minimum absolute atomic E-state index is 0.666. The van der Waals surface area contributed by atoms with Gasteiger partial charge in [0, 0.05) is 4.90 Å². The normalized spacial score (nSPS) is 8.54. The Morgan fingerprint density at radius 3 is 2.38 bits per heavy atom. The van der Waals surface area contributed by atoms with Gasteiger partial charge in [-0.15, -0.1) is 24.9 Å². The molecule has 0 aliphatic rings. The van der Waals surface area contributed by atoms with Gasteiger partial charge in [0.15, 0.2) is 0 Å². The van der Waals surface area contributed by atoms with Crippen molar-refractivity contribution < 1.29 is 4.74 Å². The molecule has 0 amide bonds. The maximum Gasteiger partial charge on any atom is 0.137 e. The summed E-state index contributed by atoms with van der Waals surface area (Å²) in [5.41, 5.74) is 0. The highest BCUT2D eigenvalue weighted by Crippen LogP contribution is 2.28. The molecule has 0 saturated carbocycles. The van der Waals surface area contributed by atoms with E-state index in [0.717, 1.165) is 10.6 Å². The van der Waals surface area contributed by atoms with Gasteiger partial charge < -0.3 is 4.74 Å². The summed E-state index contributed by atoms with van der Waals surface area (Å²) in [6.45, 7) is 6.00. The van der Waals surface area contributed by atoms with Crippen LogP contribution in [-0.2, 0) is 0 Å². The van der Waals surface area contributed by atoms with Crippen LogP contribution in [0.2, 0.25) is 5.02 Å². The van der Waals surface area contributed by atoms with E-state index in [-0.39, 0.29) is 0 Å². The third-order valence-corrected chi connectivity index (χ3v) is 2.38. The summed E-state index contributed by atoms with van der Waals surface area (Å²) >= 11 is 7.53. The topological polar surface area (TPSA) is 9.23 Å². The third kappa shape index (κ3) is 3.75. The minimum atomic E-state index is 0.666. The van der Waals surface area contributed by atoms with Gasteiger partial charge in [0.2, 0.25) is 0 Å². The number of rotatable bonds is 2. The molecule has 1 aromatic rings. The molecule has 1 rings (SSSR count). The fourth-order valence-electron chi connectivity index (χ4n) is 0.774. The molecule has 1 nitrogen and oxygen atoms in total. The summed E-state index contributed by atoms with van der Waals surface area (Å²) in [6, 6.07) is 5.74. The smallest absolute Gasteiger partial charge is 0.137 e. The third-order valence-electron chi connectivity index (χ3n) is 1.36. The zero-order chi connectivity index (χ0) is 10.3. The van der Waals surface area contributed by atoms with E-state index in [1.165, 1.54) is 0 Å². The molecule has 0 bridgehead atoms. The minimum Gasteiger partial charge on any atom is -0.495 e. The number of benzene rings is 1. The molecule has 0 unspecified atom stereocenters. The molecule has 3 heteroatoms. The first-order valence-corrected chi connectivity index (χ1v) is 5.25. The first kappa shape index (κ1) is 12.4. The molecule has 1 aromatic carbocycles. The highest BCUT2D eigenvalue weighted by molar-refractivity contribution is 7.98. The van der Waals surface area contributed by atoms with Crippen molar-refractivity contribution in [3.63, 3.8) is 0 Å². The lowest BCUT2D eigenvalue weighted by Crippen LogP contribution is -1.83. The van der Waals surface area contributed by atoms with Crippen molar-refractivity contribution in [2.45, 2.75) is 4.90 Å². The molecule has 0 aliphatic carbocycles. The van der Waals surface area contributed by atoms with Crippen LogP contribution in [0.4, 0.5) is 0 Å². The molecule has 0 radical (unpaired) electrons. The SMILES string of the molecule is C=C.COc1ccc(SC)cc1Cl. The van der Waals surface area contributed by atoms with Crippen molar-refractivity contribution in [2.24, 2.45) is 0 Å². The van der Waals surface area contributed by atoms with E-state index < -0.39 is 0 Å². The first-order chi connectivity index (χ1) is 6.27. The number of methoxy groups -OCH3 is 1. The molecular formula is C10H13ClOS. The molecule has 0 heterocycles.